The predicted molar refractivity (Wildman–Crippen MR) is 92.8 cm³/mol. The summed E-state index contributed by atoms with van der Waals surface area (Å²) in [6, 6.07) is 17.0. The monoisotopic (exact) mass is 297 g/mol. The van der Waals surface area contributed by atoms with E-state index in [2.05, 4.69) is 50.2 Å². The maximum Gasteiger partial charge on any atom is 0.0681 e. The highest BCUT2D eigenvalue weighted by Crippen LogP contribution is 2.28. The van der Waals surface area contributed by atoms with Crippen LogP contribution in [0.1, 0.15) is 60.8 Å². The smallest absolute Gasteiger partial charge is 0.0681 e. The van der Waals surface area contributed by atoms with E-state index in [1.165, 1.54) is 23.1 Å². The first-order valence-corrected chi connectivity index (χ1v) is 8.12. The van der Waals surface area contributed by atoms with Crippen molar-refractivity contribution >= 4 is 0 Å². The van der Waals surface area contributed by atoms with E-state index in [9.17, 15) is 0 Å². The molecule has 0 aromatic heterocycles. The quantitative estimate of drug-likeness (QED) is 0.799. The van der Waals surface area contributed by atoms with Crippen LogP contribution in [0.25, 0.3) is 0 Å². The number of benzene rings is 2. The van der Waals surface area contributed by atoms with Gasteiger partial charge in [0.15, 0.2) is 0 Å². The van der Waals surface area contributed by atoms with Gasteiger partial charge in [-0.25, -0.2) is 0 Å². The minimum atomic E-state index is 0.116. The van der Waals surface area contributed by atoms with Gasteiger partial charge in [-0.05, 0) is 46.9 Å². The SMILES string of the molecule is CC(CCC(C)c1ccc(CO)cc1)c1ccc(CN)cc1. The van der Waals surface area contributed by atoms with Crippen LogP contribution in [0, 0.1) is 0 Å². The zero-order valence-electron chi connectivity index (χ0n) is 13.6. The van der Waals surface area contributed by atoms with Crippen molar-refractivity contribution in [2.45, 2.75) is 51.7 Å². The molecule has 2 heteroatoms. The molecule has 0 amide bonds. The maximum absolute atomic E-state index is 9.10. The molecule has 2 atom stereocenters. The lowest BCUT2D eigenvalue weighted by Gasteiger charge is -2.17. The van der Waals surface area contributed by atoms with Gasteiger partial charge in [0.2, 0.25) is 0 Å². The molecule has 3 N–H and O–H groups in total. The summed E-state index contributed by atoms with van der Waals surface area (Å²) in [4.78, 5) is 0. The molecule has 0 saturated heterocycles. The minimum absolute atomic E-state index is 0.116. The van der Waals surface area contributed by atoms with E-state index >= 15 is 0 Å². The van der Waals surface area contributed by atoms with Gasteiger partial charge in [-0.2, -0.15) is 0 Å². The Morgan fingerprint density at radius 3 is 1.55 bits per heavy atom. The van der Waals surface area contributed by atoms with Gasteiger partial charge in [-0.1, -0.05) is 62.4 Å². The third kappa shape index (κ3) is 4.43. The standard InChI is InChI=1S/C20H27NO/c1-15(19-9-5-17(13-21)6-10-19)3-4-16(2)20-11-7-18(14-22)8-12-20/h5-12,15-16,22H,3-4,13-14,21H2,1-2H3. The Balaban J connectivity index is 1.89. The van der Waals surface area contributed by atoms with E-state index in [4.69, 9.17) is 10.8 Å². The van der Waals surface area contributed by atoms with Gasteiger partial charge in [0.25, 0.3) is 0 Å². The molecule has 0 saturated carbocycles. The molecule has 2 nitrogen and oxygen atoms in total. The van der Waals surface area contributed by atoms with Crippen LogP contribution in [0.15, 0.2) is 48.5 Å². The van der Waals surface area contributed by atoms with Crippen molar-refractivity contribution in [2.24, 2.45) is 5.73 Å². The second kappa shape index (κ2) is 8.11. The number of rotatable bonds is 7. The van der Waals surface area contributed by atoms with Crippen molar-refractivity contribution in [3.05, 3.63) is 70.8 Å². The second-order valence-corrected chi connectivity index (χ2v) is 6.22. The fourth-order valence-corrected chi connectivity index (χ4v) is 2.77. The van der Waals surface area contributed by atoms with Gasteiger partial charge < -0.3 is 10.8 Å². The fourth-order valence-electron chi connectivity index (χ4n) is 2.77. The van der Waals surface area contributed by atoms with Crippen LogP contribution in [0.3, 0.4) is 0 Å². The zero-order valence-corrected chi connectivity index (χ0v) is 13.6. The molecule has 0 aliphatic heterocycles. The second-order valence-electron chi connectivity index (χ2n) is 6.22. The van der Waals surface area contributed by atoms with E-state index in [1.807, 2.05) is 12.1 Å². The first-order valence-electron chi connectivity index (χ1n) is 8.12. The molecule has 0 spiro atoms. The number of hydrogen-bond donors (Lipinski definition) is 2. The van der Waals surface area contributed by atoms with E-state index < -0.39 is 0 Å². The summed E-state index contributed by atoms with van der Waals surface area (Å²) in [5.74, 6) is 1.10. The lowest BCUT2D eigenvalue weighted by Crippen LogP contribution is -2.00. The fraction of sp³-hybridized carbons (Fsp3) is 0.400. The number of aliphatic hydroxyl groups is 1. The Hall–Kier alpha value is -1.64. The lowest BCUT2D eigenvalue weighted by molar-refractivity contribution is 0.282. The highest BCUT2D eigenvalue weighted by Gasteiger charge is 2.10. The largest absolute Gasteiger partial charge is 0.392 e. The molecule has 0 fully saturated rings. The molecule has 22 heavy (non-hydrogen) atoms. The van der Waals surface area contributed by atoms with Crippen LogP contribution in [0.5, 0.6) is 0 Å². The van der Waals surface area contributed by atoms with Crippen molar-refractivity contribution in [1.82, 2.24) is 0 Å². The Bertz CT molecular complexity index is 506. The normalized spacial score (nSPS) is 13.8. The number of hydrogen-bond acceptors (Lipinski definition) is 2. The summed E-state index contributed by atoms with van der Waals surface area (Å²) in [7, 11) is 0. The predicted octanol–water partition coefficient (Wildman–Crippen LogP) is 4.33. The van der Waals surface area contributed by atoms with Gasteiger partial charge in [0.05, 0.1) is 6.61 Å². The van der Waals surface area contributed by atoms with Gasteiger partial charge in [0, 0.05) is 6.54 Å². The van der Waals surface area contributed by atoms with Gasteiger partial charge >= 0.3 is 0 Å². The summed E-state index contributed by atoms with van der Waals surface area (Å²) in [6.07, 6.45) is 2.34. The third-order valence-electron chi connectivity index (χ3n) is 4.55. The first-order chi connectivity index (χ1) is 10.6. The summed E-state index contributed by atoms with van der Waals surface area (Å²) in [5.41, 5.74) is 10.5. The van der Waals surface area contributed by atoms with Crippen LogP contribution in [0.4, 0.5) is 0 Å². The summed E-state index contributed by atoms with van der Waals surface area (Å²) in [6.45, 7) is 5.29. The van der Waals surface area contributed by atoms with Crippen LogP contribution in [-0.2, 0) is 13.2 Å². The van der Waals surface area contributed by atoms with E-state index in [-0.39, 0.29) is 6.61 Å². The molecule has 2 rings (SSSR count). The van der Waals surface area contributed by atoms with Crippen molar-refractivity contribution in [2.75, 3.05) is 0 Å². The molecular weight excluding hydrogens is 270 g/mol. The molecule has 118 valence electrons. The summed E-state index contributed by atoms with van der Waals surface area (Å²) >= 11 is 0. The molecule has 0 radical (unpaired) electrons. The lowest BCUT2D eigenvalue weighted by atomic mass is 9.89. The van der Waals surface area contributed by atoms with Crippen LogP contribution < -0.4 is 5.73 Å². The summed E-state index contributed by atoms with van der Waals surface area (Å²) < 4.78 is 0. The molecule has 2 unspecified atom stereocenters. The molecular formula is C20H27NO. The number of aliphatic hydroxyl groups excluding tert-OH is 1. The highest BCUT2D eigenvalue weighted by atomic mass is 16.3. The number of nitrogens with two attached hydrogens (primary N) is 1. The van der Waals surface area contributed by atoms with Crippen molar-refractivity contribution in [3.63, 3.8) is 0 Å². The summed E-state index contributed by atoms with van der Waals surface area (Å²) in [5, 5.41) is 9.10. The zero-order chi connectivity index (χ0) is 15.9. The molecule has 0 aliphatic rings. The first kappa shape index (κ1) is 16.7. The van der Waals surface area contributed by atoms with Gasteiger partial charge in [-0.15, -0.1) is 0 Å². The Kier molecular flexibility index (Phi) is 6.17. The minimum Gasteiger partial charge on any atom is -0.392 e. The topological polar surface area (TPSA) is 46.2 Å². The van der Waals surface area contributed by atoms with Crippen molar-refractivity contribution in [3.8, 4) is 0 Å². The van der Waals surface area contributed by atoms with E-state index in [0.29, 0.717) is 18.4 Å². The molecule has 0 heterocycles. The maximum atomic E-state index is 9.10. The third-order valence-corrected chi connectivity index (χ3v) is 4.55. The Labute approximate surface area is 134 Å². The van der Waals surface area contributed by atoms with Crippen LogP contribution >= 0.6 is 0 Å². The van der Waals surface area contributed by atoms with Gasteiger partial charge in [-0.3, -0.25) is 0 Å². The van der Waals surface area contributed by atoms with Crippen LogP contribution in [0.2, 0.25) is 0 Å². The molecule has 0 aliphatic carbocycles. The van der Waals surface area contributed by atoms with E-state index in [1.54, 1.807) is 0 Å². The Morgan fingerprint density at radius 2 is 1.18 bits per heavy atom. The molecule has 2 aromatic rings. The highest BCUT2D eigenvalue weighted by molar-refractivity contribution is 5.26. The van der Waals surface area contributed by atoms with Crippen molar-refractivity contribution in [1.29, 1.82) is 0 Å². The van der Waals surface area contributed by atoms with Crippen LogP contribution in [-0.4, -0.2) is 5.11 Å². The van der Waals surface area contributed by atoms with Crippen molar-refractivity contribution < 1.29 is 5.11 Å². The average molecular weight is 297 g/mol. The average Bonchev–Trinajstić information content (AvgIpc) is 2.59. The Morgan fingerprint density at radius 1 is 0.773 bits per heavy atom. The molecule has 2 aromatic carbocycles. The van der Waals surface area contributed by atoms with Gasteiger partial charge in [0.1, 0.15) is 0 Å². The molecule has 0 bridgehead atoms. The van der Waals surface area contributed by atoms with E-state index in [0.717, 1.165) is 12.0 Å².